The highest BCUT2D eigenvalue weighted by Gasteiger charge is 2.46. The zero-order chi connectivity index (χ0) is 38.2. The second-order valence-corrected chi connectivity index (χ2v) is 15.2. The molecular formula is C55H35NO2. The van der Waals surface area contributed by atoms with Crippen LogP contribution in [0.4, 0.5) is 17.1 Å². The van der Waals surface area contributed by atoms with Crippen LogP contribution in [-0.4, -0.2) is 0 Å². The fourth-order valence-electron chi connectivity index (χ4n) is 9.58. The zero-order valence-corrected chi connectivity index (χ0v) is 31.5. The van der Waals surface area contributed by atoms with E-state index in [1.54, 1.807) is 0 Å². The van der Waals surface area contributed by atoms with Crippen LogP contribution >= 0.6 is 0 Å². The smallest absolute Gasteiger partial charge is 0.137 e. The van der Waals surface area contributed by atoms with Crippen LogP contribution in [0.15, 0.2) is 221 Å². The molecule has 58 heavy (non-hydrogen) atoms. The van der Waals surface area contributed by atoms with Crippen LogP contribution in [0.3, 0.4) is 0 Å². The monoisotopic (exact) mass is 741 g/mol. The van der Waals surface area contributed by atoms with Gasteiger partial charge in [-0.15, -0.1) is 0 Å². The number of para-hydroxylation sites is 2. The summed E-state index contributed by atoms with van der Waals surface area (Å²) in [6.45, 7) is 0. The van der Waals surface area contributed by atoms with Crippen molar-refractivity contribution >= 4 is 60.9 Å². The molecule has 0 atom stereocenters. The maximum absolute atomic E-state index is 6.63. The van der Waals surface area contributed by atoms with Crippen molar-refractivity contribution in [1.82, 2.24) is 0 Å². The quantitative estimate of drug-likeness (QED) is 0.170. The van der Waals surface area contributed by atoms with Gasteiger partial charge in [-0.2, -0.15) is 0 Å². The van der Waals surface area contributed by atoms with E-state index in [0.717, 1.165) is 72.1 Å². The van der Waals surface area contributed by atoms with Crippen LogP contribution in [0.2, 0.25) is 0 Å². The Morgan fingerprint density at radius 3 is 1.60 bits per heavy atom. The van der Waals surface area contributed by atoms with E-state index in [4.69, 9.17) is 8.83 Å². The molecule has 1 aliphatic carbocycles. The lowest BCUT2D eigenvalue weighted by Crippen LogP contribution is -2.28. The molecule has 0 N–H and O–H groups in total. The molecule has 0 amide bonds. The first-order valence-corrected chi connectivity index (χ1v) is 19.8. The summed E-state index contributed by atoms with van der Waals surface area (Å²) >= 11 is 0. The molecule has 9 aromatic carbocycles. The van der Waals surface area contributed by atoms with E-state index < -0.39 is 5.41 Å². The summed E-state index contributed by atoms with van der Waals surface area (Å²) in [7, 11) is 0. The number of hydrogen-bond acceptors (Lipinski definition) is 3. The number of nitrogens with zero attached hydrogens (tertiary/aromatic N) is 1. The number of hydrogen-bond donors (Lipinski definition) is 0. The van der Waals surface area contributed by atoms with Crippen molar-refractivity contribution < 1.29 is 8.83 Å². The number of rotatable bonds is 6. The topological polar surface area (TPSA) is 29.5 Å². The zero-order valence-electron chi connectivity index (χ0n) is 31.5. The molecular weight excluding hydrogens is 707 g/mol. The molecule has 2 heterocycles. The lowest BCUT2D eigenvalue weighted by Gasteiger charge is -2.33. The second-order valence-electron chi connectivity index (χ2n) is 15.2. The maximum atomic E-state index is 6.63. The van der Waals surface area contributed by atoms with E-state index in [9.17, 15) is 0 Å². The average molecular weight is 742 g/mol. The highest BCUT2D eigenvalue weighted by molar-refractivity contribution is 6.07. The van der Waals surface area contributed by atoms with E-state index in [-0.39, 0.29) is 0 Å². The predicted octanol–water partition coefficient (Wildman–Crippen LogP) is 15.0. The molecule has 0 aliphatic heterocycles. The number of anilines is 3. The number of furan rings is 2. The highest BCUT2D eigenvalue weighted by Crippen LogP contribution is 2.56. The van der Waals surface area contributed by atoms with Gasteiger partial charge in [-0.05, 0) is 111 Å². The Bertz CT molecular complexity index is 3290. The minimum Gasteiger partial charge on any atom is -0.456 e. The third-order valence-electron chi connectivity index (χ3n) is 12.2. The summed E-state index contributed by atoms with van der Waals surface area (Å²) in [6.07, 6.45) is 0. The van der Waals surface area contributed by atoms with Crippen LogP contribution in [0, 0.1) is 0 Å². The fraction of sp³-hybridized carbons (Fsp3) is 0.0182. The van der Waals surface area contributed by atoms with Crippen molar-refractivity contribution in [2.45, 2.75) is 5.41 Å². The molecule has 0 radical (unpaired) electrons. The van der Waals surface area contributed by atoms with E-state index in [2.05, 4.69) is 205 Å². The third kappa shape index (κ3) is 4.80. The van der Waals surface area contributed by atoms with Crippen molar-refractivity contribution in [2.24, 2.45) is 0 Å². The first-order valence-electron chi connectivity index (χ1n) is 19.8. The third-order valence-corrected chi connectivity index (χ3v) is 12.2. The summed E-state index contributed by atoms with van der Waals surface area (Å²) in [5.74, 6) is 0. The number of fused-ring (bicyclic) bond motifs is 9. The lowest BCUT2D eigenvalue weighted by atomic mass is 9.67. The van der Waals surface area contributed by atoms with Crippen LogP contribution in [0.1, 0.15) is 22.3 Å². The summed E-state index contributed by atoms with van der Waals surface area (Å²) < 4.78 is 12.9. The standard InChI is InChI=1S/C55H35NO2/c1-3-13-38(14-4-1)55(49-20-10-7-17-43(49)44-18-8-11-21-50(44)55)39-26-32-52-48(34-39)47-30-25-37(33-53(47)58-52)36-23-27-41(28-24-36)56(40-15-5-2-6-16-40)42-29-31-46-45-19-9-12-22-51(45)57-54(46)35-42/h1-35H. The molecule has 0 saturated heterocycles. The van der Waals surface area contributed by atoms with Gasteiger partial charge in [0.2, 0.25) is 0 Å². The lowest BCUT2D eigenvalue weighted by molar-refractivity contribution is 0.668. The summed E-state index contributed by atoms with van der Waals surface area (Å²) in [6, 6.07) is 76.1. The molecule has 0 bridgehead atoms. The molecule has 3 heteroatoms. The van der Waals surface area contributed by atoms with Crippen LogP contribution in [0.5, 0.6) is 0 Å². The number of benzene rings is 9. The van der Waals surface area contributed by atoms with E-state index in [1.165, 1.54) is 33.4 Å². The fourth-order valence-corrected chi connectivity index (χ4v) is 9.58. The predicted molar refractivity (Wildman–Crippen MR) is 238 cm³/mol. The van der Waals surface area contributed by atoms with Crippen LogP contribution in [0.25, 0.3) is 66.1 Å². The van der Waals surface area contributed by atoms with Crippen molar-refractivity contribution in [3.05, 3.63) is 235 Å². The molecule has 11 aromatic rings. The van der Waals surface area contributed by atoms with Gasteiger partial charge in [-0.1, -0.05) is 140 Å². The molecule has 3 nitrogen and oxygen atoms in total. The van der Waals surface area contributed by atoms with Gasteiger partial charge in [0.15, 0.2) is 0 Å². The minimum atomic E-state index is -0.459. The minimum absolute atomic E-state index is 0.459. The van der Waals surface area contributed by atoms with Gasteiger partial charge < -0.3 is 13.7 Å². The second kappa shape index (κ2) is 12.7. The Morgan fingerprint density at radius 1 is 0.310 bits per heavy atom. The molecule has 12 rings (SSSR count). The summed E-state index contributed by atoms with van der Waals surface area (Å²) in [5, 5.41) is 4.47. The van der Waals surface area contributed by atoms with Gasteiger partial charge in [-0.3, -0.25) is 0 Å². The Labute approximate surface area is 335 Å². The molecule has 1 aliphatic rings. The van der Waals surface area contributed by atoms with E-state index in [1.807, 2.05) is 12.1 Å². The van der Waals surface area contributed by atoms with Crippen molar-refractivity contribution in [1.29, 1.82) is 0 Å². The van der Waals surface area contributed by atoms with Gasteiger partial charge in [0.25, 0.3) is 0 Å². The Morgan fingerprint density at radius 2 is 0.845 bits per heavy atom. The molecule has 0 saturated carbocycles. The Kier molecular flexibility index (Phi) is 7.14. The van der Waals surface area contributed by atoms with Gasteiger partial charge in [-0.25, -0.2) is 0 Å². The van der Waals surface area contributed by atoms with E-state index >= 15 is 0 Å². The normalized spacial score (nSPS) is 13.0. The van der Waals surface area contributed by atoms with Gasteiger partial charge in [0.05, 0.1) is 5.41 Å². The van der Waals surface area contributed by atoms with Gasteiger partial charge in [0.1, 0.15) is 22.3 Å². The Balaban J connectivity index is 0.940. The van der Waals surface area contributed by atoms with Gasteiger partial charge >= 0.3 is 0 Å². The van der Waals surface area contributed by atoms with Crippen LogP contribution < -0.4 is 4.90 Å². The van der Waals surface area contributed by atoms with Gasteiger partial charge in [0, 0.05) is 44.7 Å². The van der Waals surface area contributed by atoms with Crippen molar-refractivity contribution in [3.8, 4) is 22.3 Å². The van der Waals surface area contributed by atoms with Crippen LogP contribution in [-0.2, 0) is 5.41 Å². The van der Waals surface area contributed by atoms with Crippen molar-refractivity contribution in [3.63, 3.8) is 0 Å². The average Bonchev–Trinajstić information content (AvgIpc) is 3.95. The molecule has 0 unspecified atom stereocenters. The largest absolute Gasteiger partial charge is 0.456 e. The first kappa shape index (κ1) is 32.6. The maximum Gasteiger partial charge on any atom is 0.137 e. The van der Waals surface area contributed by atoms with E-state index in [0.29, 0.717) is 0 Å². The Hall–Kier alpha value is -7.62. The molecule has 0 fully saturated rings. The summed E-state index contributed by atoms with van der Waals surface area (Å²) in [4.78, 5) is 2.28. The molecule has 272 valence electrons. The molecule has 2 aromatic heterocycles. The summed E-state index contributed by atoms with van der Waals surface area (Å²) in [5.41, 5.74) is 16.1. The molecule has 0 spiro atoms. The highest BCUT2D eigenvalue weighted by atomic mass is 16.3. The first-order chi connectivity index (χ1) is 28.7. The SMILES string of the molecule is c1ccc(N(c2ccc(-c3ccc4c(c3)oc3ccc(C5(c6ccccc6)c6ccccc6-c6ccccc65)cc34)cc2)c2ccc3c(c2)oc2ccccc23)cc1. The van der Waals surface area contributed by atoms with Crippen molar-refractivity contribution in [2.75, 3.05) is 4.90 Å².